The first kappa shape index (κ1) is 16.9. The van der Waals surface area contributed by atoms with Crippen LogP contribution in [0.3, 0.4) is 0 Å². The lowest BCUT2D eigenvalue weighted by molar-refractivity contribution is -0.290. The Morgan fingerprint density at radius 1 is 1.23 bits per heavy atom. The van der Waals surface area contributed by atoms with Gasteiger partial charge < -0.3 is 30.1 Å². The first-order valence-corrected chi connectivity index (χ1v) is 7.08. The lowest BCUT2D eigenvalue weighted by atomic mass is 9.98. The molecule has 2 rings (SSSR count). The van der Waals surface area contributed by atoms with Gasteiger partial charge >= 0.3 is 0 Å². The van der Waals surface area contributed by atoms with Crippen molar-refractivity contribution in [3.8, 4) is 0 Å². The Morgan fingerprint density at radius 2 is 1.91 bits per heavy atom. The summed E-state index contributed by atoms with van der Waals surface area (Å²) in [5, 5.41) is 32.4. The van der Waals surface area contributed by atoms with Gasteiger partial charge in [-0.05, 0) is 5.56 Å². The maximum absolute atomic E-state index is 10.9. The minimum Gasteiger partial charge on any atom is -0.388 e. The maximum atomic E-state index is 10.9. The summed E-state index contributed by atoms with van der Waals surface area (Å²) < 4.78 is 10.7. The van der Waals surface area contributed by atoms with Crippen LogP contribution in [0, 0.1) is 0 Å². The highest BCUT2D eigenvalue weighted by Gasteiger charge is 2.44. The normalized spacial score (nSPS) is 31.7. The average Bonchev–Trinajstić information content (AvgIpc) is 2.50. The molecule has 4 N–H and O–H groups in total. The number of carbonyl (C=O) groups excluding carboxylic acids is 1. The zero-order valence-electron chi connectivity index (χ0n) is 12.3. The monoisotopic (exact) mass is 311 g/mol. The molecule has 1 aromatic rings. The van der Waals surface area contributed by atoms with E-state index in [9.17, 15) is 20.1 Å². The number of hydrogen-bond donors (Lipinski definition) is 4. The summed E-state index contributed by atoms with van der Waals surface area (Å²) in [7, 11) is 0. The van der Waals surface area contributed by atoms with Crippen LogP contribution in [0.1, 0.15) is 12.5 Å². The molecule has 7 nitrogen and oxygen atoms in total. The van der Waals surface area contributed by atoms with Crippen molar-refractivity contribution in [2.24, 2.45) is 0 Å². The summed E-state index contributed by atoms with van der Waals surface area (Å²) in [4.78, 5) is 10.9. The van der Waals surface area contributed by atoms with E-state index in [1.165, 1.54) is 6.92 Å². The molecule has 22 heavy (non-hydrogen) atoms. The number of hydrogen-bond acceptors (Lipinski definition) is 6. The highest BCUT2D eigenvalue weighted by Crippen LogP contribution is 2.23. The van der Waals surface area contributed by atoms with E-state index in [1.54, 1.807) is 0 Å². The molecule has 5 atom stereocenters. The van der Waals surface area contributed by atoms with E-state index in [0.717, 1.165) is 5.56 Å². The Kier molecular flexibility index (Phi) is 5.87. The first-order chi connectivity index (χ1) is 10.5. The van der Waals surface area contributed by atoms with Gasteiger partial charge in [-0.1, -0.05) is 30.3 Å². The SMILES string of the molecule is CC(=O)NC[C@H]1O[C@@H](O)[C@H](O)[C@@H](OCc2ccccc2)[C@@H]1O. The predicted octanol–water partition coefficient (Wildman–Crippen LogP) is -0.853. The van der Waals surface area contributed by atoms with Gasteiger partial charge in [-0.25, -0.2) is 0 Å². The molecule has 7 heteroatoms. The van der Waals surface area contributed by atoms with E-state index in [2.05, 4.69) is 5.32 Å². The van der Waals surface area contributed by atoms with Crippen molar-refractivity contribution in [2.75, 3.05) is 6.54 Å². The fraction of sp³-hybridized carbons (Fsp3) is 0.533. The zero-order chi connectivity index (χ0) is 16.1. The van der Waals surface area contributed by atoms with Crippen molar-refractivity contribution in [1.29, 1.82) is 0 Å². The molecule has 1 heterocycles. The molecule has 1 aliphatic rings. The predicted molar refractivity (Wildman–Crippen MR) is 76.6 cm³/mol. The van der Waals surface area contributed by atoms with Crippen molar-refractivity contribution < 1.29 is 29.6 Å². The molecule has 0 saturated carbocycles. The van der Waals surface area contributed by atoms with Gasteiger partial charge in [0.05, 0.1) is 6.61 Å². The fourth-order valence-corrected chi connectivity index (χ4v) is 2.29. The van der Waals surface area contributed by atoms with Gasteiger partial charge in [0.2, 0.25) is 5.91 Å². The minimum atomic E-state index is -1.48. The van der Waals surface area contributed by atoms with Crippen LogP contribution in [0.15, 0.2) is 30.3 Å². The molecule has 0 bridgehead atoms. The van der Waals surface area contributed by atoms with Crippen LogP contribution < -0.4 is 5.32 Å². The Bertz CT molecular complexity index is 482. The van der Waals surface area contributed by atoms with E-state index >= 15 is 0 Å². The molecule has 0 radical (unpaired) electrons. The molecule has 0 aromatic heterocycles. The van der Waals surface area contributed by atoms with Gasteiger partial charge in [0.15, 0.2) is 6.29 Å². The molecule has 1 saturated heterocycles. The summed E-state index contributed by atoms with van der Waals surface area (Å²) in [6.45, 7) is 1.54. The largest absolute Gasteiger partial charge is 0.388 e. The molecule has 1 aromatic carbocycles. The number of benzene rings is 1. The second-order valence-corrected chi connectivity index (χ2v) is 5.24. The van der Waals surface area contributed by atoms with E-state index < -0.39 is 30.7 Å². The third-order valence-corrected chi connectivity index (χ3v) is 3.50. The minimum absolute atomic E-state index is 0.0193. The second-order valence-electron chi connectivity index (χ2n) is 5.24. The van der Waals surface area contributed by atoms with Crippen molar-refractivity contribution in [3.63, 3.8) is 0 Å². The summed E-state index contributed by atoms with van der Waals surface area (Å²) in [5.74, 6) is -0.279. The van der Waals surface area contributed by atoms with Gasteiger partial charge in [-0.3, -0.25) is 4.79 Å². The number of rotatable bonds is 5. The molecule has 0 aliphatic carbocycles. The molecule has 122 valence electrons. The Morgan fingerprint density at radius 3 is 2.55 bits per heavy atom. The zero-order valence-corrected chi connectivity index (χ0v) is 12.3. The van der Waals surface area contributed by atoms with Gasteiger partial charge in [0.1, 0.15) is 24.4 Å². The Labute approximate surface area is 128 Å². The van der Waals surface area contributed by atoms with E-state index in [0.29, 0.717) is 0 Å². The molecule has 0 unspecified atom stereocenters. The molecule has 1 fully saturated rings. The smallest absolute Gasteiger partial charge is 0.216 e. The van der Waals surface area contributed by atoms with Crippen LogP contribution in [-0.2, 0) is 20.9 Å². The van der Waals surface area contributed by atoms with E-state index in [1.807, 2.05) is 30.3 Å². The van der Waals surface area contributed by atoms with Gasteiger partial charge in [-0.15, -0.1) is 0 Å². The summed E-state index contributed by atoms with van der Waals surface area (Å²) in [6, 6.07) is 9.27. The highest BCUT2D eigenvalue weighted by atomic mass is 16.6. The summed E-state index contributed by atoms with van der Waals surface area (Å²) in [5.41, 5.74) is 0.876. The lowest BCUT2D eigenvalue weighted by Gasteiger charge is -2.40. The van der Waals surface area contributed by atoms with Gasteiger partial charge in [0.25, 0.3) is 0 Å². The molecule has 0 spiro atoms. The van der Waals surface area contributed by atoms with Crippen molar-refractivity contribution in [2.45, 2.75) is 44.2 Å². The van der Waals surface area contributed by atoms with Gasteiger partial charge in [0, 0.05) is 13.5 Å². The highest BCUT2D eigenvalue weighted by molar-refractivity contribution is 5.72. The lowest BCUT2D eigenvalue weighted by Crippen LogP contribution is -2.60. The number of ether oxygens (including phenoxy) is 2. The quantitative estimate of drug-likeness (QED) is 0.564. The molecular weight excluding hydrogens is 290 g/mol. The number of aliphatic hydroxyl groups is 3. The van der Waals surface area contributed by atoms with Crippen molar-refractivity contribution in [1.82, 2.24) is 5.32 Å². The van der Waals surface area contributed by atoms with E-state index in [-0.39, 0.29) is 19.1 Å². The topological polar surface area (TPSA) is 108 Å². The average molecular weight is 311 g/mol. The molecular formula is C15H21NO6. The third-order valence-electron chi connectivity index (χ3n) is 3.50. The van der Waals surface area contributed by atoms with E-state index in [4.69, 9.17) is 9.47 Å². The third kappa shape index (κ3) is 4.25. The van der Waals surface area contributed by atoms with Crippen LogP contribution >= 0.6 is 0 Å². The Balaban J connectivity index is 1.98. The first-order valence-electron chi connectivity index (χ1n) is 7.08. The summed E-state index contributed by atoms with van der Waals surface area (Å²) in [6.07, 6.45) is -5.89. The van der Waals surface area contributed by atoms with Crippen LogP contribution in [-0.4, -0.2) is 58.5 Å². The van der Waals surface area contributed by atoms with Crippen molar-refractivity contribution in [3.05, 3.63) is 35.9 Å². The van der Waals surface area contributed by atoms with Gasteiger partial charge in [-0.2, -0.15) is 0 Å². The number of amides is 1. The van der Waals surface area contributed by atoms with Crippen molar-refractivity contribution >= 4 is 5.91 Å². The second kappa shape index (κ2) is 7.66. The number of nitrogens with one attached hydrogen (secondary N) is 1. The molecule has 1 aliphatic heterocycles. The van der Waals surface area contributed by atoms with Crippen LogP contribution in [0.25, 0.3) is 0 Å². The standard InChI is InChI=1S/C15H21NO6/c1-9(17)16-7-11-12(18)14(13(19)15(20)22-11)21-8-10-5-3-2-4-6-10/h2-6,11-15,18-20H,7-8H2,1H3,(H,16,17)/t11-,12-,13-,14+,15-/m1/s1. The maximum Gasteiger partial charge on any atom is 0.216 e. The van der Waals surface area contributed by atoms with Crippen LogP contribution in [0.5, 0.6) is 0 Å². The number of carbonyl (C=O) groups is 1. The number of aliphatic hydroxyl groups excluding tert-OH is 3. The fourth-order valence-electron chi connectivity index (χ4n) is 2.29. The summed E-state index contributed by atoms with van der Waals surface area (Å²) >= 11 is 0. The van der Waals surface area contributed by atoms with Crippen LogP contribution in [0.2, 0.25) is 0 Å². The van der Waals surface area contributed by atoms with Crippen LogP contribution in [0.4, 0.5) is 0 Å². The molecule has 1 amide bonds. The Hall–Kier alpha value is -1.51.